The van der Waals surface area contributed by atoms with Gasteiger partial charge in [0.1, 0.15) is 0 Å². The normalized spacial score (nSPS) is 14.2. The van der Waals surface area contributed by atoms with E-state index in [-0.39, 0.29) is 12.1 Å². The summed E-state index contributed by atoms with van der Waals surface area (Å²) in [4.78, 5) is 0. The maximum atomic E-state index is 6.22. The molecule has 2 nitrogen and oxygen atoms in total. The molecule has 0 bridgehead atoms. The fraction of sp³-hybridized carbons (Fsp3) is 0.647. The van der Waals surface area contributed by atoms with Crippen LogP contribution in [0.15, 0.2) is 24.3 Å². The van der Waals surface area contributed by atoms with Gasteiger partial charge in [0.15, 0.2) is 0 Å². The molecule has 1 rings (SSSR count). The first-order chi connectivity index (χ1) is 9.66. The molecular weight excluding hydrogens is 270 g/mol. The molecule has 2 atom stereocenters. The van der Waals surface area contributed by atoms with Crippen molar-refractivity contribution < 1.29 is 4.74 Å². The van der Waals surface area contributed by atoms with Gasteiger partial charge in [-0.25, -0.2) is 0 Å². The number of unbranched alkanes of at least 4 members (excludes halogenated alkanes) is 5. The molecule has 0 heterocycles. The summed E-state index contributed by atoms with van der Waals surface area (Å²) in [5.74, 6) is 0. The van der Waals surface area contributed by atoms with Gasteiger partial charge in [-0.3, -0.25) is 0 Å². The Morgan fingerprint density at radius 2 is 1.75 bits per heavy atom. The lowest BCUT2D eigenvalue weighted by Gasteiger charge is -2.23. The Labute approximate surface area is 128 Å². The molecule has 2 unspecified atom stereocenters. The number of benzene rings is 1. The van der Waals surface area contributed by atoms with Crippen LogP contribution in [0, 0.1) is 0 Å². The number of hydrogen-bond acceptors (Lipinski definition) is 2. The SMILES string of the molecule is CCCCCCCCOC(c1ccccc1Cl)C(C)N. The topological polar surface area (TPSA) is 35.2 Å². The molecule has 0 radical (unpaired) electrons. The molecule has 114 valence electrons. The standard InChI is InChI=1S/C17H28ClNO/c1-3-4-5-6-7-10-13-20-17(14(2)19)15-11-8-9-12-16(15)18/h8-9,11-12,14,17H,3-7,10,13,19H2,1-2H3. The molecular formula is C17H28ClNO. The maximum absolute atomic E-state index is 6.22. The summed E-state index contributed by atoms with van der Waals surface area (Å²) in [7, 11) is 0. The van der Waals surface area contributed by atoms with E-state index in [1.165, 1.54) is 32.1 Å². The Kier molecular flexibility index (Phi) is 8.92. The van der Waals surface area contributed by atoms with Crippen LogP contribution in [0.2, 0.25) is 5.02 Å². The van der Waals surface area contributed by atoms with Crippen molar-refractivity contribution in [3.8, 4) is 0 Å². The zero-order valence-electron chi connectivity index (χ0n) is 12.8. The third-order valence-electron chi connectivity index (χ3n) is 3.48. The summed E-state index contributed by atoms with van der Waals surface area (Å²) in [5, 5.41) is 0.734. The van der Waals surface area contributed by atoms with Crippen molar-refractivity contribution in [2.75, 3.05) is 6.61 Å². The fourth-order valence-electron chi connectivity index (χ4n) is 2.32. The van der Waals surface area contributed by atoms with Crippen molar-refractivity contribution >= 4 is 11.6 Å². The van der Waals surface area contributed by atoms with Crippen molar-refractivity contribution in [2.24, 2.45) is 5.73 Å². The molecule has 0 spiro atoms. The van der Waals surface area contributed by atoms with Crippen LogP contribution >= 0.6 is 11.6 Å². The van der Waals surface area contributed by atoms with Gasteiger partial charge in [0.2, 0.25) is 0 Å². The average molecular weight is 298 g/mol. The largest absolute Gasteiger partial charge is 0.372 e. The number of hydrogen-bond donors (Lipinski definition) is 1. The van der Waals surface area contributed by atoms with Crippen molar-refractivity contribution in [1.29, 1.82) is 0 Å². The van der Waals surface area contributed by atoms with Gasteiger partial charge in [-0.2, -0.15) is 0 Å². The molecule has 3 heteroatoms. The van der Waals surface area contributed by atoms with E-state index >= 15 is 0 Å². The maximum Gasteiger partial charge on any atom is 0.0987 e. The Hall–Kier alpha value is -0.570. The Morgan fingerprint density at radius 3 is 2.40 bits per heavy atom. The molecule has 0 aromatic heterocycles. The van der Waals surface area contributed by atoms with Crippen LogP contribution in [0.4, 0.5) is 0 Å². The number of halogens is 1. The number of ether oxygens (including phenoxy) is 1. The van der Waals surface area contributed by atoms with Gasteiger partial charge < -0.3 is 10.5 Å². The van der Waals surface area contributed by atoms with E-state index in [0.29, 0.717) is 0 Å². The Bertz CT molecular complexity index is 368. The van der Waals surface area contributed by atoms with Crippen LogP contribution in [-0.2, 0) is 4.74 Å². The highest BCUT2D eigenvalue weighted by Gasteiger charge is 2.19. The summed E-state index contributed by atoms with van der Waals surface area (Å²) in [6, 6.07) is 7.73. The molecule has 0 aliphatic rings. The highest BCUT2D eigenvalue weighted by molar-refractivity contribution is 6.31. The molecule has 1 aromatic carbocycles. The summed E-state index contributed by atoms with van der Waals surface area (Å²) in [6.07, 6.45) is 7.47. The average Bonchev–Trinajstić information content (AvgIpc) is 2.43. The van der Waals surface area contributed by atoms with Crippen molar-refractivity contribution in [3.05, 3.63) is 34.9 Å². The second-order valence-electron chi connectivity index (χ2n) is 5.44. The minimum absolute atomic E-state index is 0.0602. The van der Waals surface area contributed by atoms with Crippen LogP contribution in [0.1, 0.15) is 64.0 Å². The quantitative estimate of drug-likeness (QED) is 0.609. The van der Waals surface area contributed by atoms with E-state index in [0.717, 1.165) is 23.6 Å². The second kappa shape index (κ2) is 10.2. The van der Waals surface area contributed by atoms with E-state index < -0.39 is 0 Å². The number of nitrogens with two attached hydrogens (primary N) is 1. The van der Waals surface area contributed by atoms with Crippen LogP contribution in [0.3, 0.4) is 0 Å². The van der Waals surface area contributed by atoms with Gasteiger partial charge in [0.25, 0.3) is 0 Å². The van der Waals surface area contributed by atoms with Crippen molar-refractivity contribution in [1.82, 2.24) is 0 Å². The second-order valence-corrected chi connectivity index (χ2v) is 5.85. The van der Waals surface area contributed by atoms with Gasteiger partial charge in [-0.15, -0.1) is 0 Å². The molecule has 0 saturated carbocycles. The van der Waals surface area contributed by atoms with E-state index in [1.54, 1.807) is 0 Å². The smallest absolute Gasteiger partial charge is 0.0987 e. The van der Waals surface area contributed by atoms with Gasteiger partial charge in [0, 0.05) is 23.2 Å². The minimum Gasteiger partial charge on any atom is -0.372 e. The molecule has 0 amide bonds. The zero-order chi connectivity index (χ0) is 14.8. The van der Waals surface area contributed by atoms with E-state index in [9.17, 15) is 0 Å². The van der Waals surface area contributed by atoms with Crippen molar-refractivity contribution in [2.45, 2.75) is 64.5 Å². The van der Waals surface area contributed by atoms with E-state index in [2.05, 4.69) is 6.92 Å². The molecule has 0 aliphatic carbocycles. The van der Waals surface area contributed by atoms with Gasteiger partial charge in [-0.05, 0) is 19.4 Å². The molecule has 0 aliphatic heterocycles. The van der Waals surface area contributed by atoms with Gasteiger partial charge in [-0.1, -0.05) is 68.8 Å². The molecule has 0 saturated heterocycles. The van der Waals surface area contributed by atoms with Gasteiger partial charge >= 0.3 is 0 Å². The highest BCUT2D eigenvalue weighted by atomic mass is 35.5. The third-order valence-corrected chi connectivity index (χ3v) is 3.83. The minimum atomic E-state index is -0.112. The molecule has 2 N–H and O–H groups in total. The zero-order valence-corrected chi connectivity index (χ0v) is 13.5. The van der Waals surface area contributed by atoms with Crippen LogP contribution < -0.4 is 5.73 Å². The number of rotatable bonds is 10. The predicted octanol–water partition coefficient (Wildman–Crippen LogP) is 5.11. The van der Waals surface area contributed by atoms with Crippen molar-refractivity contribution in [3.63, 3.8) is 0 Å². The summed E-state index contributed by atoms with van der Waals surface area (Å²) in [6.45, 7) is 4.96. The van der Waals surface area contributed by atoms with E-state index in [4.69, 9.17) is 22.1 Å². The van der Waals surface area contributed by atoms with E-state index in [1.807, 2.05) is 31.2 Å². The Morgan fingerprint density at radius 1 is 1.10 bits per heavy atom. The molecule has 20 heavy (non-hydrogen) atoms. The van der Waals surface area contributed by atoms with Gasteiger partial charge in [0.05, 0.1) is 6.10 Å². The highest BCUT2D eigenvalue weighted by Crippen LogP contribution is 2.27. The molecule has 0 fully saturated rings. The third kappa shape index (κ3) is 6.25. The monoisotopic (exact) mass is 297 g/mol. The first-order valence-electron chi connectivity index (χ1n) is 7.78. The lowest BCUT2D eigenvalue weighted by atomic mass is 10.0. The first-order valence-corrected chi connectivity index (χ1v) is 8.16. The summed E-state index contributed by atoms with van der Waals surface area (Å²) in [5.41, 5.74) is 7.03. The first kappa shape index (κ1) is 17.5. The fourth-order valence-corrected chi connectivity index (χ4v) is 2.57. The summed E-state index contributed by atoms with van der Waals surface area (Å²) < 4.78 is 5.97. The van der Waals surface area contributed by atoms with Crippen LogP contribution in [0.5, 0.6) is 0 Å². The van der Waals surface area contributed by atoms with Crippen LogP contribution in [-0.4, -0.2) is 12.6 Å². The lowest BCUT2D eigenvalue weighted by Crippen LogP contribution is -2.27. The molecule has 1 aromatic rings. The van der Waals surface area contributed by atoms with Crippen LogP contribution in [0.25, 0.3) is 0 Å². The predicted molar refractivity (Wildman–Crippen MR) is 87.2 cm³/mol. The lowest BCUT2D eigenvalue weighted by molar-refractivity contribution is 0.0359. The Balaban J connectivity index is 2.36. The summed E-state index contributed by atoms with van der Waals surface area (Å²) >= 11 is 6.22.